The Hall–Kier alpha value is -1.15. The summed E-state index contributed by atoms with van der Waals surface area (Å²) in [5, 5.41) is 1.31. The number of hydrogen-bond acceptors (Lipinski definition) is 2. The van der Waals surface area contributed by atoms with Gasteiger partial charge in [-0.2, -0.15) is 0 Å². The number of benzene rings is 1. The van der Waals surface area contributed by atoms with E-state index in [-0.39, 0.29) is 0 Å². The van der Waals surface area contributed by atoms with Crippen LogP contribution in [0.4, 0.5) is 0 Å². The molecule has 1 aromatic heterocycles. The highest BCUT2D eigenvalue weighted by Crippen LogP contribution is 2.35. The fraction of sp³-hybridized carbons (Fsp3) is 0.308. The molecule has 0 saturated heterocycles. The predicted molar refractivity (Wildman–Crippen MR) is 63.4 cm³/mol. The number of fused-ring (bicyclic) bond motifs is 1. The van der Waals surface area contributed by atoms with Gasteiger partial charge in [-0.1, -0.05) is 24.3 Å². The normalized spacial score (nSPS) is 15.5. The second-order valence-electron chi connectivity index (χ2n) is 4.18. The van der Waals surface area contributed by atoms with Crippen molar-refractivity contribution < 1.29 is 0 Å². The molecule has 0 amide bonds. The van der Waals surface area contributed by atoms with Crippen molar-refractivity contribution in [2.24, 2.45) is 0 Å². The zero-order valence-electron chi connectivity index (χ0n) is 8.73. The maximum absolute atomic E-state index is 4.50. The van der Waals surface area contributed by atoms with Gasteiger partial charge in [0.1, 0.15) is 0 Å². The molecule has 3 rings (SSSR count). The summed E-state index contributed by atoms with van der Waals surface area (Å²) in [4.78, 5) is 5.82. The van der Waals surface area contributed by atoms with Gasteiger partial charge in [-0.05, 0) is 30.9 Å². The van der Waals surface area contributed by atoms with Crippen molar-refractivity contribution in [1.29, 1.82) is 0 Å². The topological polar surface area (TPSA) is 12.9 Å². The number of thiazole rings is 1. The van der Waals surface area contributed by atoms with Crippen molar-refractivity contribution in [3.8, 4) is 0 Å². The standard InChI is InChI=1S/C13H13NS/c1-9-8-14-13(15-9)12-6-10-4-2-3-5-11(10)7-12/h2-5,8,12H,6-7H2,1H3. The number of aromatic nitrogens is 1. The van der Waals surface area contributed by atoms with Gasteiger partial charge in [-0.25, -0.2) is 4.98 Å². The van der Waals surface area contributed by atoms with Gasteiger partial charge in [0.25, 0.3) is 0 Å². The van der Waals surface area contributed by atoms with E-state index >= 15 is 0 Å². The Labute approximate surface area is 93.8 Å². The summed E-state index contributed by atoms with van der Waals surface area (Å²) in [6.45, 7) is 2.13. The number of aryl methyl sites for hydroxylation is 1. The molecule has 1 nitrogen and oxygen atoms in total. The van der Waals surface area contributed by atoms with Gasteiger partial charge >= 0.3 is 0 Å². The molecule has 0 atom stereocenters. The van der Waals surface area contributed by atoms with Crippen LogP contribution in [-0.2, 0) is 12.8 Å². The molecule has 0 saturated carbocycles. The summed E-state index contributed by atoms with van der Waals surface area (Å²) in [6.07, 6.45) is 4.33. The quantitative estimate of drug-likeness (QED) is 0.711. The van der Waals surface area contributed by atoms with Crippen LogP contribution in [0.2, 0.25) is 0 Å². The average Bonchev–Trinajstić information content (AvgIpc) is 2.82. The summed E-state index contributed by atoms with van der Waals surface area (Å²) in [5.41, 5.74) is 3.02. The molecule has 76 valence electrons. The van der Waals surface area contributed by atoms with E-state index in [1.807, 2.05) is 17.5 Å². The van der Waals surface area contributed by atoms with E-state index in [1.54, 1.807) is 0 Å². The van der Waals surface area contributed by atoms with Gasteiger partial charge in [0.05, 0.1) is 5.01 Å². The third kappa shape index (κ3) is 1.59. The van der Waals surface area contributed by atoms with Crippen LogP contribution in [0.3, 0.4) is 0 Å². The van der Waals surface area contributed by atoms with Crippen LogP contribution in [-0.4, -0.2) is 4.98 Å². The fourth-order valence-corrected chi connectivity index (χ4v) is 3.17. The lowest BCUT2D eigenvalue weighted by Gasteiger charge is -2.02. The SMILES string of the molecule is Cc1cnc(C2Cc3ccccc3C2)s1. The number of nitrogens with zero attached hydrogens (tertiary/aromatic N) is 1. The molecule has 15 heavy (non-hydrogen) atoms. The van der Waals surface area contributed by atoms with E-state index in [2.05, 4.69) is 36.2 Å². The Morgan fingerprint density at radius 3 is 2.40 bits per heavy atom. The van der Waals surface area contributed by atoms with Gasteiger partial charge in [0.2, 0.25) is 0 Å². The van der Waals surface area contributed by atoms with Crippen LogP contribution in [0.25, 0.3) is 0 Å². The predicted octanol–water partition coefficient (Wildman–Crippen LogP) is 3.33. The minimum Gasteiger partial charge on any atom is -0.249 e. The third-order valence-electron chi connectivity index (χ3n) is 3.04. The molecule has 1 aliphatic carbocycles. The summed E-state index contributed by atoms with van der Waals surface area (Å²) >= 11 is 1.84. The molecule has 0 N–H and O–H groups in total. The minimum atomic E-state index is 0.626. The molecule has 0 fully saturated rings. The lowest BCUT2D eigenvalue weighted by atomic mass is 10.1. The first-order valence-electron chi connectivity index (χ1n) is 5.32. The molecule has 2 heteroatoms. The Morgan fingerprint density at radius 1 is 1.20 bits per heavy atom. The third-order valence-corrected chi connectivity index (χ3v) is 4.11. The highest BCUT2D eigenvalue weighted by atomic mass is 32.1. The van der Waals surface area contributed by atoms with Crippen LogP contribution >= 0.6 is 11.3 Å². The highest BCUT2D eigenvalue weighted by Gasteiger charge is 2.24. The second kappa shape index (κ2) is 3.46. The lowest BCUT2D eigenvalue weighted by molar-refractivity contribution is 0.734. The first-order valence-corrected chi connectivity index (χ1v) is 6.13. The molecular formula is C13H13NS. The molecule has 0 radical (unpaired) electrons. The maximum atomic E-state index is 4.50. The molecule has 1 aromatic carbocycles. The van der Waals surface area contributed by atoms with E-state index < -0.39 is 0 Å². The van der Waals surface area contributed by atoms with Gasteiger partial charge < -0.3 is 0 Å². The van der Waals surface area contributed by atoms with Crippen LogP contribution < -0.4 is 0 Å². The van der Waals surface area contributed by atoms with Gasteiger partial charge in [0.15, 0.2) is 0 Å². The van der Waals surface area contributed by atoms with E-state index in [4.69, 9.17) is 0 Å². The molecule has 0 unspecified atom stereocenters. The molecule has 2 aromatic rings. The Morgan fingerprint density at radius 2 is 1.87 bits per heavy atom. The smallest absolute Gasteiger partial charge is 0.0965 e. The zero-order chi connectivity index (χ0) is 10.3. The maximum Gasteiger partial charge on any atom is 0.0965 e. The molecule has 0 aliphatic heterocycles. The molecule has 1 aliphatic rings. The van der Waals surface area contributed by atoms with E-state index in [0.29, 0.717) is 5.92 Å². The van der Waals surface area contributed by atoms with E-state index in [1.165, 1.54) is 33.9 Å². The first kappa shape index (κ1) is 9.10. The summed E-state index contributed by atoms with van der Waals surface area (Å²) in [5.74, 6) is 0.626. The van der Waals surface area contributed by atoms with E-state index in [9.17, 15) is 0 Å². The molecular weight excluding hydrogens is 202 g/mol. The van der Waals surface area contributed by atoms with Crippen molar-refractivity contribution in [3.63, 3.8) is 0 Å². The Bertz CT molecular complexity index is 462. The van der Waals surface area contributed by atoms with Gasteiger partial charge in [0, 0.05) is 17.0 Å². The fourth-order valence-electron chi connectivity index (χ4n) is 2.29. The van der Waals surface area contributed by atoms with Crippen LogP contribution in [0.5, 0.6) is 0 Å². The van der Waals surface area contributed by atoms with Crippen molar-refractivity contribution in [1.82, 2.24) is 4.98 Å². The zero-order valence-corrected chi connectivity index (χ0v) is 9.55. The average molecular weight is 215 g/mol. The molecule has 1 heterocycles. The number of hydrogen-bond donors (Lipinski definition) is 0. The van der Waals surface area contributed by atoms with Crippen LogP contribution in [0.1, 0.15) is 26.9 Å². The van der Waals surface area contributed by atoms with Gasteiger partial charge in [-0.3, -0.25) is 0 Å². The Kier molecular flexibility index (Phi) is 2.10. The minimum absolute atomic E-state index is 0.626. The lowest BCUT2D eigenvalue weighted by Crippen LogP contribution is -1.96. The molecule has 0 bridgehead atoms. The second-order valence-corrected chi connectivity index (χ2v) is 5.45. The van der Waals surface area contributed by atoms with E-state index in [0.717, 1.165) is 0 Å². The van der Waals surface area contributed by atoms with Gasteiger partial charge in [-0.15, -0.1) is 11.3 Å². The monoisotopic (exact) mass is 215 g/mol. The summed E-state index contributed by atoms with van der Waals surface area (Å²) in [7, 11) is 0. The van der Waals surface area contributed by atoms with Crippen molar-refractivity contribution >= 4 is 11.3 Å². The highest BCUT2D eigenvalue weighted by molar-refractivity contribution is 7.11. The molecule has 0 spiro atoms. The van der Waals surface area contributed by atoms with Crippen molar-refractivity contribution in [2.45, 2.75) is 25.7 Å². The first-order chi connectivity index (χ1) is 7.33. The number of rotatable bonds is 1. The largest absolute Gasteiger partial charge is 0.249 e. The summed E-state index contributed by atoms with van der Waals surface area (Å²) < 4.78 is 0. The summed E-state index contributed by atoms with van der Waals surface area (Å²) in [6, 6.07) is 8.76. The van der Waals surface area contributed by atoms with Crippen molar-refractivity contribution in [2.75, 3.05) is 0 Å². The van der Waals surface area contributed by atoms with Crippen LogP contribution in [0, 0.1) is 6.92 Å². The Balaban J connectivity index is 1.90. The van der Waals surface area contributed by atoms with Crippen molar-refractivity contribution in [3.05, 3.63) is 51.5 Å². The van der Waals surface area contributed by atoms with Crippen LogP contribution in [0.15, 0.2) is 30.5 Å².